The summed E-state index contributed by atoms with van der Waals surface area (Å²) in [5.74, 6) is -0.475. The lowest BCUT2D eigenvalue weighted by molar-refractivity contribution is -0.119. The van der Waals surface area contributed by atoms with Gasteiger partial charge in [-0.3, -0.25) is 10.2 Å². The second kappa shape index (κ2) is 5.43. The zero-order valence-electron chi connectivity index (χ0n) is 8.67. The number of rotatable bonds is 4. The Hall–Kier alpha value is -1.66. The molecule has 0 radical (unpaired) electrons. The molecule has 1 rings (SSSR count). The molecule has 0 fully saturated rings. The molecule has 0 unspecified atom stereocenters. The molecular formula is C10H12N2O3S. The monoisotopic (exact) mass is 240 g/mol. The second-order valence-corrected chi connectivity index (χ2v) is 4.61. The number of hydrazine groups is 1. The molecule has 86 valence electrons. The first-order valence-electron chi connectivity index (χ1n) is 4.51. The fourth-order valence-electron chi connectivity index (χ4n) is 0.909. The Morgan fingerprint density at radius 2 is 1.88 bits per heavy atom. The van der Waals surface area contributed by atoms with Crippen molar-refractivity contribution < 1.29 is 13.2 Å². The minimum Gasteiger partial charge on any atom is -0.278 e. The maximum absolute atomic E-state index is 11.3. The molecule has 0 saturated carbocycles. The van der Waals surface area contributed by atoms with Crippen molar-refractivity contribution in [3.63, 3.8) is 0 Å². The first-order chi connectivity index (χ1) is 7.49. The van der Waals surface area contributed by atoms with E-state index in [1.54, 1.807) is 24.3 Å². The minimum absolute atomic E-state index is 0.475. The van der Waals surface area contributed by atoms with Gasteiger partial charge in [0.1, 0.15) is 0 Å². The second-order valence-electron chi connectivity index (χ2n) is 3.04. The molecule has 0 aliphatic heterocycles. The molecular weight excluding hydrogens is 228 g/mol. The summed E-state index contributed by atoms with van der Waals surface area (Å²) in [6.07, 6.45) is 1.43. The van der Waals surface area contributed by atoms with Gasteiger partial charge in [0.15, 0.2) is 0 Å². The highest BCUT2D eigenvalue weighted by atomic mass is 32.2. The predicted molar refractivity (Wildman–Crippen MR) is 61.3 cm³/mol. The topological polar surface area (TPSA) is 75.3 Å². The van der Waals surface area contributed by atoms with Crippen LogP contribution in [0.2, 0.25) is 0 Å². The maximum atomic E-state index is 11.3. The number of nitrogens with one attached hydrogen (secondary N) is 2. The number of carbonyl (C=O) groups excluding carboxylic acids is 1. The molecule has 0 aliphatic rings. The smallest absolute Gasteiger partial charge is 0.250 e. The largest absolute Gasteiger partial charge is 0.278 e. The van der Waals surface area contributed by atoms with Crippen LogP contribution in [0.1, 0.15) is 12.5 Å². The van der Waals surface area contributed by atoms with Gasteiger partial charge >= 0.3 is 0 Å². The summed E-state index contributed by atoms with van der Waals surface area (Å²) in [5.41, 5.74) is 2.75. The van der Waals surface area contributed by atoms with Gasteiger partial charge in [-0.05, 0) is 11.6 Å². The van der Waals surface area contributed by atoms with E-state index in [1.165, 1.54) is 13.0 Å². The Bertz CT molecular complexity index is 480. The third kappa shape index (κ3) is 4.72. The molecule has 1 aromatic rings. The average molecular weight is 240 g/mol. The summed E-state index contributed by atoms with van der Waals surface area (Å²) in [5, 5.41) is 0.984. The van der Waals surface area contributed by atoms with Gasteiger partial charge in [-0.25, -0.2) is 8.42 Å². The number of benzene rings is 1. The third-order valence-electron chi connectivity index (χ3n) is 1.61. The number of carbonyl (C=O) groups is 1. The first kappa shape index (κ1) is 12.4. The highest BCUT2D eigenvalue weighted by molar-refractivity contribution is 7.92. The normalized spacial score (nSPS) is 11.6. The van der Waals surface area contributed by atoms with Crippen LogP contribution in [-0.2, 0) is 14.8 Å². The molecule has 1 amide bonds. The van der Waals surface area contributed by atoms with Crippen molar-refractivity contribution >= 4 is 22.0 Å². The van der Waals surface area contributed by atoms with Crippen molar-refractivity contribution in [2.24, 2.45) is 0 Å². The number of hydrogen-bond donors (Lipinski definition) is 2. The Labute approximate surface area is 94.2 Å². The van der Waals surface area contributed by atoms with Gasteiger partial charge in [0, 0.05) is 12.3 Å². The zero-order valence-corrected chi connectivity index (χ0v) is 9.49. The minimum atomic E-state index is -3.64. The Morgan fingerprint density at radius 1 is 1.25 bits per heavy atom. The quantitative estimate of drug-likeness (QED) is 0.758. The van der Waals surface area contributed by atoms with E-state index in [9.17, 15) is 13.2 Å². The lowest BCUT2D eigenvalue weighted by Crippen LogP contribution is -2.39. The molecule has 16 heavy (non-hydrogen) atoms. The van der Waals surface area contributed by atoms with Crippen molar-refractivity contribution in [3.8, 4) is 0 Å². The molecule has 1 aromatic carbocycles. The highest BCUT2D eigenvalue weighted by Gasteiger charge is 2.04. The van der Waals surface area contributed by atoms with Crippen LogP contribution in [0.25, 0.3) is 6.08 Å². The van der Waals surface area contributed by atoms with Gasteiger partial charge in [-0.15, -0.1) is 4.83 Å². The zero-order chi connectivity index (χ0) is 12.0. The molecule has 0 atom stereocenters. The van der Waals surface area contributed by atoms with E-state index in [4.69, 9.17) is 0 Å². The van der Waals surface area contributed by atoms with Gasteiger partial charge in [-0.2, -0.15) is 0 Å². The summed E-state index contributed by atoms with van der Waals surface area (Å²) in [4.78, 5) is 12.4. The third-order valence-corrected chi connectivity index (χ3v) is 2.49. The number of sulfonamides is 1. The van der Waals surface area contributed by atoms with Gasteiger partial charge < -0.3 is 0 Å². The summed E-state index contributed by atoms with van der Waals surface area (Å²) >= 11 is 0. The van der Waals surface area contributed by atoms with Crippen LogP contribution in [0.4, 0.5) is 0 Å². The molecule has 0 heterocycles. The molecule has 0 aliphatic carbocycles. The van der Waals surface area contributed by atoms with Gasteiger partial charge in [0.25, 0.3) is 10.0 Å². The molecule has 0 saturated heterocycles. The van der Waals surface area contributed by atoms with E-state index >= 15 is 0 Å². The highest BCUT2D eigenvalue weighted by Crippen LogP contribution is 2.02. The molecule has 0 aromatic heterocycles. The van der Waals surface area contributed by atoms with E-state index in [-0.39, 0.29) is 0 Å². The van der Waals surface area contributed by atoms with Crippen molar-refractivity contribution in [1.29, 1.82) is 0 Å². The Morgan fingerprint density at radius 3 is 2.44 bits per heavy atom. The fourth-order valence-corrected chi connectivity index (χ4v) is 1.60. The molecule has 2 N–H and O–H groups in total. The van der Waals surface area contributed by atoms with E-state index in [2.05, 4.69) is 0 Å². The van der Waals surface area contributed by atoms with Crippen LogP contribution in [0.3, 0.4) is 0 Å². The standard InChI is InChI=1S/C10H12N2O3S/c1-9(13)11-12-16(14,15)8-7-10-5-3-2-4-6-10/h2-8,12H,1H3,(H,11,13)/b8-7+. The van der Waals surface area contributed by atoms with Gasteiger partial charge in [0.2, 0.25) is 5.91 Å². The predicted octanol–water partition coefficient (Wildman–Crippen LogP) is 0.628. The average Bonchev–Trinajstić information content (AvgIpc) is 2.26. The summed E-state index contributed by atoms with van der Waals surface area (Å²) in [6.45, 7) is 1.21. The lowest BCUT2D eigenvalue weighted by atomic mass is 10.2. The maximum Gasteiger partial charge on any atom is 0.250 e. The summed E-state index contributed by atoms with van der Waals surface area (Å²) < 4.78 is 22.6. The number of amides is 1. The van der Waals surface area contributed by atoms with Crippen LogP contribution < -0.4 is 10.3 Å². The van der Waals surface area contributed by atoms with Crippen molar-refractivity contribution in [1.82, 2.24) is 10.3 Å². The van der Waals surface area contributed by atoms with Crippen molar-refractivity contribution in [3.05, 3.63) is 41.3 Å². The lowest BCUT2D eigenvalue weighted by Gasteiger charge is -2.01. The fraction of sp³-hybridized carbons (Fsp3) is 0.100. The molecule has 0 bridgehead atoms. The van der Waals surface area contributed by atoms with Crippen LogP contribution in [0, 0.1) is 0 Å². The van der Waals surface area contributed by atoms with E-state index < -0.39 is 15.9 Å². The molecule has 0 spiro atoms. The van der Waals surface area contributed by atoms with Crippen LogP contribution in [-0.4, -0.2) is 14.3 Å². The Balaban J connectivity index is 2.66. The van der Waals surface area contributed by atoms with Gasteiger partial charge in [0.05, 0.1) is 0 Å². The first-order valence-corrected chi connectivity index (χ1v) is 6.06. The molecule has 5 nitrogen and oxygen atoms in total. The SMILES string of the molecule is CC(=O)NNS(=O)(=O)/C=C/c1ccccc1. The van der Waals surface area contributed by atoms with Gasteiger partial charge in [-0.1, -0.05) is 30.3 Å². The molecule has 6 heteroatoms. The van der Waals surface area contributed by atoms with Crippen LogP contribution in [0.15, 0.2) is 35.7 Å². The van der Waals surface area contributed by atoms with Crippen LogP contribution in [0.5, 0.6) is 0 Å². The Kier molecular flexibility index (Phi) is 4.21. The van der Waals surface area contributed by atoms with E-state index in [0.717, 1.165) is 11.0 Å². The van der Waals surface area contributed by atoms with Crippen molar-refractivity contribution in [2.45, 2.75) is 6.92 Å². The van der Waals surface area contributed by atoms with E-state index in [1.807, 2.05) is 16.3 Å². The summed E-state index contributed by atoms with van der Waals surface area (Å²) in [7, 11) is -3.64. The summed E-state index contributed by atoms with van der Waals surface area (Å²) in [6, 6.07) is 8.97. The number of hydrogen-bond acceptors (Lipinski definition) is 3. The van der Waals surface area contributed by atoms with Crippen molar-refractivity contribution in [2.75, 3.05) is 0 Å². The van der Waals surface area contributed by atoms with Crippen LogP contribution >= 0.6 is 0 Å². The van der Waals surface area contributed by atoms with E-state index in [0.29, 0.717) is 0 Å².